The molecule has 0 saturated heterocycles. The smallest absolute Gasteiger partial charge is 0.293 e. The molecule has 4 nitrogen and oxygen atoms in total. The minimum Gasteiger partial charge on any atom is -0.293 e. The van der Waals surface area contributed by atoms with E-state index in [0.29, 0.717) is 18.5 Å². The molecule has 0 saturated carbocycles. The summed E-state index contributed by atoms with van der Waals surface area (Å²) >= 11 is 0. The largest absolute Gasteiger partial charge is 0.328 e. The normalized spacial score (nSPS) is 11.6. The van der Waals surface area contributed by atoms with Gasteiger partial charge in [-0.3, -0.25) is 14.3 Å². The fourth-order valence-electron chi connectivity index (χ4n) is 3.19. The van der Waals surface area contributed by atoms with Crippen molar-refractivity contribution in [2.24, 2.45) is 0 Å². The summed E-state index contributed by atoms with van der Waals surface area (Å²) in [5.74, 6) is 0.0483. The van der Waals surface area contributed by atoms with E-state index in [1.54, 1.807) is 4.57 Å². The summed E-state index contributed by atoms with van der Waals surface area (Å²) in [5.41, 5.74) is 4.37. The van der Waals surface area contributed by atoms with Gasteiger partial charge in [0, 0.05) is 24.2 Å². The Morgan fingerprint density at radius 3 is 2.29 bits per heavy atom. The minimum absolute atomic E-state index is 0.0483. The summed E-state index contributed by atoms with van der Waals surface area (Å²) in [5, 5.41) is 0. The molecule has 0 spiro atoms. The highest BCUT2D eigenvalue weighted by atomic mass is 16.2. The van der Waals surface area contributed by atoms with Gasteiger partial charge in [-0.05, 0) is 32.3 Å². The first kappa shape index (κ1) is 18.0. The third kappa shape index (κ3) is 3.94. The number of benzene rings is 1. The van der Waals surface area contributed by atoms with E-state index in [2.05, 4.69) is 37.0 Å². The van der Waals surface area contributed by atoms with Gasteiger partial charge in [-0.15, -0.1) is 0 Å². The number of H-pyrrole nitrogens is 1. The van der Waals surface area contributed by atoms with Crippen LogP contribution in [0.3, 0.4) is 0 Å². The Morgan fingerprint density at radius 1 is 1.12 bits per heavy atom. The predicted molar refractivity (Wildman–Crippen MR) is 98.9 cm³/mol. The van der Waals surface area contributed by atoms with Crippen LogP contribution in [0.25, 0.3) is 0 Å². The number of allylic oxidation sites excluding steroid dienone is 2. The van der Waals surface area contributed by atoms with Crippen molar-refractivity contribution in [2.45, 2.75) is 53.5 Å². The van der Waals surface area contributed by atoms with Gasteiger partial charge in [0.25, 0.3) is 5.56 Å². The van der Waals surface area contributed by atoms with Crippen molar-refractivity contribution in [3.63, 3.8) is 0 Å². The lowest BCUT2D eigenvalue weighted by atomic mass is 9.96. The molecule has 1 aromatic heterocycles. The summed E-state index contributed by atoms with van der Waals surface area (Å²) < 4.78 is 1.67. The number of aryl methyl sites for hydroxylation is 2. The minimum atomic E-state index is -0.345. The Labute approximate surface area is 142 Å². The summed E-state index contributed by atoms with van der Waals surface area (Å²) in [4.78, 5) is 27.2. The first-order valence-corrected chi connectivity index (χ1v) is 8.37. The van der Waals surface area contributed by atoms with Crippen LogP contribution in [-0.4, -0.2) is 9.55 Å². The molecule has 0 aliphatic rings. The molecule has 0 radical (unpaired) electrons. The molecule has 24 heavy (non-hydrogen) atoms. The lowest BCUT2D eigenvalue weighted by Crippen LogP contribution is -2.36. The predicted octanol–water partition coefficient (Wildman–Crippen LogP) is 3.44. The average molecular weight is 326 g/mol. The first-order valence-electron chi connectivity index (χ1n) is 8.37. The topological polar surface area (TPSA) is 54.9 Å². The highest BCUT2D eigenvalue weighted by Gasteiger charge is 2.17. The molecule has 2 aromatic rings. The van der Waals surface area contributed by atoms with Crippen molar-refractivity contribution in [1.29, 1.82) is 0 Å². The van der Waals surface area contributed by atoms with E-state index in [1.165, 1.54) is 11.1 Å². The van der Waals surface area contributed by atoms with E-state index in [1.807, 2.05) is 32.9 Å². The Hall–Kier alpha value is -2.36. The van der Waals surface area contributed by atoms with Crippen LogP contribution in [0.4, 0.5) is 0 Å². The van der Waals surface area contributed by atoms with Crippen molar-refractivity contribution in [2.75, 3.05) is 0 Å². The molecule has 0 atom stereocenters. The third-order valence-corrected chi connectivity index (χ3v) is 4.10. The van der Waals surface area contributed by atoms with Gasteiger partial charge in [0.15, 0.2) is 0 Å². The second kappa shape index (κ2) is 7.47. The molecule has 4 heteroatoms. The van der Waals surface area contributed by atoms with E-state index in [4.69, 9.17) is 0 Å². The van der Waals surface area contributed by atoms with Crippen LogP contribution in [0.5, 0.6) is 0 Å². The standard InChI is InChI=1S/C20H26N2O2/c1-6-7-8-22-17(12-16-10-14(4)9-15(5)11-16)18(13(2)3)19(23)21-20(22)24/h6-7,9-11,13H,8,12H2,1-5H3,(H,21,23,24). The number of nitrogens with zero attached hydrogens (tertiary/aromatic N) is 1. The van der Waals surface area contributed by atoms with Gasteiger partial charge in [-0.1, -0.05) is 55.3 Å². The SMILES string of the molecule is CC=CCn1c(Cc2cc(C)cc(C)c2)c(C(C)C)c(=O)[nH]c1=O. The molecule has 0 amide bonds. The maximum Gasteiger partial charge on any atom is 0.328 e. The van der Waals surface area contributed by atoms with Gasteiger partial charge in [0.2, 0.25) is 0 Å². The fourth-order valence-corrected chi connectivity index (χ4v) is 3.19. The second-order valence-corrected chi connectivity index (χ2v) is 6.63. The highest BCUT2D eigenvalue weighted by Crippen LogP contribution is 2.19. The molecule has 1 heterocycles. The molecule has 0 unspecified atom stereocenters. The summed E-state index contributed by atoms with van der Waals surface area (Å²) in [6, 6.07) is 6.35. The molecule has 1 N–H and O–H groups in total. The van der Waals surface area contributed by atoms with Crippen LogP contribution in [0.2, 0.25) is 0 Å². The van der Waals surface area contributed by atoms with E-state index >= 15 is 0 Å². The van der Waals surface area contributed by atoms with Crippen LogP contribution in [-0.2, 0) is 13.0 Å². The Balaban J connectivity index is 2.68. The number of hydrogen-bond donors (Lipinski definition) is 1. The lowest BCUT2D eigenvalue weighted by Gasteiger charge is -2.18. The summed E-state index contributed by atoms with van der Waals surface area (Å²) in [7, 11) is 0. The monoisotopic (exact) mass is 326 g/mol. The molecule has 0 aliphatic heterocycles. The molecule has 2 rings (SSSR count). The van der Waals surface area contributed by atoms with E-state index in [-0.39, 0.29) is 17.2 Å². The summed E-state index contributed by atoms with van der Waals surface area (Å²) in [6.07, 6.45) is 4.41. The zero-order chi connectivity index (χ0) is 17.9. The first-order chi connectivity index (χ1) is 11.3. The van der Waals surface area contributed by atoms with Crippen LogP contribution >= 0.6 is 0 Å². The van der Waals surface area contributed by atoms with Crippen LogP contribution in [0, 0.1) is 13.8 Å². The van der Waals surface area contributed by atoms with Crippen molar-refractivity contribution >= 4 is 0 Å². The molecule has 0 fully saturated rings. The van der Waals surface area contributed by atoms with E-state index < -0.39 is 0 Å². The van der Waals surface area contributed by atoms with Gasteiger partial charge < -0.3 is 0 Å². The van der Waals surface area contributed by atoms with Gasteiger partial charge in [0.05, 0.1) is 0 Å². The Bertz CT molecular complexity index is 850. The number of rotatable bonds is 5. The number of aromatic nitrogens is 2. The highest BCUT2D eigenvalue weighted by molar-refractivity contribution is 5.34. The molecular weight excluding hydrogens is 300 g/mol. The summed E-state index contributed by atoms with van der Waals surface area (Å²) in [6.45, 7) is 10.5. The van der Waals surface area contributed by atoms with E-state index in [0.717, 1.165) is 11.3 Å². The van der Waals surface area contributed by atoms with Gasteiger partial charge in [0.1, 0.15) is 0 Å². The van der Waals surface area contributed by atoms with Crippen LogP contribution in [0.1, 0.15) is 54.6 Å². The molecule has 0 aliphatic carbocycles. The van der Waals surface area contributed by atoms with Gasteiger partial charge >= 0.3 is 5.69 Å². The quantitative estimate of drug-likeness (QED) is 0.856. The van der Waals surface area contributed by atoms with Crippen LogP contribution < -0.4 is 11.2 Å². The lowest BCUT2D eigenvalue weighted by molar-refractivity contribution is 0.657. The van der Waals surface area contributed by atoms with Crippen molar-refractivity contribution in [3.8, 4) is 0 Å². The Morgan fingerprint density at radius 2 is 1.75 bits per heavy atom. The Kier molecular flexibility index (Phi) is 5.60. The number of aromatic amines is 1. The molecule has 128 valence electrons. The maximum atomic E-state index is 12.4. The van der Waals surface area contributed by atoms with Crippen molar-refractivity contribution in [1.82, 2.24) is 9.55 Å². The van der Waals surface area contributed by atoms with Crippen molar-refractivity contribution in [3.05, 3.63) is 79.1 Å². The van der Waals surface area contributed by atoms with Crippen LogP contribution in [0.15, 0.2) is 39.9 Å². The fraction of sp³-hybridized carbons (Fsp3) is 0.400. The third-order valence-electron chi connectivity index (χ3n) is 4.10. The number of nitrogens with one attached hydrogen (secondary N) is 1. The average Bonchev–Trinajstić information content (AvgIpc) is 2.45. The zero-order valence-electron chi connectivity index (χ0n) is 15.1. The van der Waals surface area contributed by atoms with E-state index in [9.17, 15) is 9.59 Å². The van der Waals surface area contributed by atoms with Gasteiger partial charge in [-0.25, -0.2) is 4.79 Å². The number of hydrogen-bond acceptors (Lipinski definition) is 2. The second-order valence-electron chi connectivity index (χ2n) is 6.63. The van der Waals surface area contributed by atoms with Crippen molar-refractivity contribution < 1.29 is 0 Å². The van der Waals surface area contributed by atoms with Gasteiger partial charge in [-0.2, -0.15) is 0 Å². The maximum absolute atomic E-state index is 12.4. The zero-order valence-corrected chi connectivity index (χ0v) is 15.1. The molecule has 1 aromatic carbocycles. The molecule has 0 bridgehead atoms. The molecular formula is C20H26N2O2.